The highest BCUT2D eigenvalue weighted by molar-refractivity contribution is 6.70. The average Bonchev–Trinajstić information content (AvgIpc) is 2.64. The van der Waals surface area contributed by atoms with Gasteiger partial charge in [-0.3, -0.25) is 0 Å². The Morgan fingerprint density at radius 2 is 1.17 bits per heavy atom. The molecule has 118 valence electrons. The number of para-hydroxylation sites is 2. The first kappa shape index (κ1) is 16.1. The van der Waals surface area contributed by atoms with E-state index in [9.17, 15) is 0 Å². The maximum absolute atomic E-state index is 2.22. The molecule has 0 aromatic heterocycles. The van der Waals surface area contributed by atoms with Gasteiger partial charge in [0.15, 0.2) is 6.71 Å². The van der Waals surface area contributed by atoms with Crippen molar-refractivity contribution in [2.75, 3.05) is 4.90 Å². The third-order valence-electron chi connectivity index (χ3n) is 4.09. The van der Waals surface area contributed by atoms with Crippen LogP contribution in [0.5, 0.6) is 0 Å². The third-order valence-corrected chi connectivity index (χ3v) is 4.09. The van der Waals surface area contributed by atoms with Gasteiger partial charge in [0, 0.05) is 17.6 Å². The molecule has 3 rings (SSSR count). The van der Waals surface area contributed by atoms with Crippen LogP contribution in [0.4, 0.5) is 11.4 Å². The first-order valence-electron chi connectivity index (χ1n) is 8.41. The standard InChI is InChI=1S/C22H22BN/c1-23(2)20-15-13-19(14-16-20)17-18-24(21-9-5-3-6-10-21)22-11-7-4-8-12-22/h3-18H,1-2H3. The van der Waals surface area contributed by atoms with Crippen LogP contribution in [0.1, 0.15) is 5.56 Å². The summed E-state index contributed by atoms with van der Waals surface area (Å²) in [6.07, 6.45) is 4.29. The van der Waals surface area contributed by atoms with Gasteiger partial charge in [0.1, 0.15) is 0 Å². The van der Waals surface area contributed by atoms with E-state index >= 15 is 0 Å². The molecule has 1 nitrogen and oxygen atoms in total. The molecule has 0 aliphatic rings. The summed E-state index contributed by atoms with van der Waals surface area (Å²) in [5, 5.41) is 0. The molecular weight excluding hydrogens is 289 g/mol. The summed E-state index contributed by atoms with van der Waals surface area (Å²) < 4.78 is 0. The van der Waals surface area contributed by atoms with Gasteiger partial charge in [-0.15, -0.1) is 0 Å². The molecule has 0 unspecified atom stereocenters. The number of rotatable bonds is 5. The lowest BCUT2D eigenvalue weighted by atomic mass is 9.49. The Labute approximate surface area is 145 Å². The molecule has 0 saturated heterocycles. The third kappa shape index (κ3) is 3.96. The molecule has 24 heavy (non-hydrogen) atoms. The van der Waals surface area contributed by atoms with Crippen molar-refractivity contribution < 1.29 is 0 Å². The van der Waals surface area contributed by atoms with Crippen LogP contribution in [0.2, 0.25) is 13.6 Å². The lowest BCUT2D eigenvalue weighted by Gasteiger charge is -2.20. The van der Waals surface area contributed by atoms with Gasteiger partial charge in [-0.1, -0.05) is 79.8 Å². The summed E-state index contributed by atoms with van der Waals surface area (Å²) in [4.78, 5) is 2.20. The number of anilines is 2. The van der Waals surface area contributed by atoms with Crippen molar-refractivity contribution in [1.82, 2.24) is 0 Å². The molecule has 3 aromatic rings. The second kappa shape index (κ2) is 7.69. The smallest absolute Gasteiger partial charge is 0.169 e. The van der Waals surface area contributed by atoms with E-state index < -0.39 is 0 Å². The lowest BCUT2D eigenvalue weighted by Crippen LogP contribution is -2.21. The van der Waals surface area contributed by atoms with E-state index in [0.717, 1.165) is 11.4 Å². The maximum atomic E-state index is 2.22. The minimum absolute atomic E-state index is 0.563. The Morgan fingerprint density at radius 3 is 1.62 bits per heavy atom. The van der Waals surface area contributed by atoms with Gasteiger partial charge in [-0.25, -0.2) is 0 Å². The fraction of sp³-hybridized carbons (Fsp3) is 0.0909. The zero-order valence-electron chi connectivity index (χ0n) is 14.3. The highest BCUT2D eigenvalue weighted by Crippen LogP contribution is 2.25. The molecular formula is C22H22BN. The summed E-state index contributed by atoms with van der Waals surface area (Å²) in [7, 11) is 0. The van der Waals surface area contributed by atoms with E-state index in [1.54, 1.807) is 0 Å². The predicted molar refractivity (Wildman–Crippen MR) is 108 cm³/mol. The molecule has 0 N–H and O–H groups in total. The molecule has 0 amide bonds. The van der Waals surface area contributed by atoms with E-state index in [2.05, 4.69) is 104 Å². The summed E-state index contributed by atoms with van der Waals surface area (Å²) in [5.41, 5.74) is 4.88. The van der Waals surface area contributed by atoms with E-state index in [1.165, 1.54) is 11.0 Å². The summed E-state index contributed by atoms with van der Waals surface area (Å²) in [5.74, 6) is 0. The van der Waals surface area contributed by atoms with Crippen LogP contribution >= 0.6 is 0 Å². The molecule has 0 spiro atoms. The fourth-order valence-electron chi connectivity index (χ4n) is 2.65. The Hall–Kier alpha value is -2.74. The highest BCUT2D eigenvalue weighted by atomic mass is 15.1. The van der Waals surface area contributed by atoms with Crippen molar-refractivity contribution in [2.45, 2.75) is 13.6 Å². The number of hydrogen-bond acceptors (Lipinski definition) is 1. The second-order valence-electron chi connectivity index (χ2n) is 6.18. The molecule has 0 fully saturated rings. The van der Waals surface area contributed by atoms with Crippen LogP contribution in [0.25, 0.3) is 6.08 Å². The van der Waals surface area contributed by atoms with Crippen LogP contribution in [0.3, 0.4) is 0 Å². The summed E-state index contributed by atoms with van der Waals surface area (Å²) in [6.45, 7) is 5.00. The number of benzene rings is 3. The number of hydrogen-bond donors (Lipinski definition) is 0. The lowest BCUT2D eigenvalue weighted by molar-refractivity contribution is 1.29. The predicted octanol–water partition coefficient (Wildman–Crippen LogP) is 5.46. The van der Waals surface area contributed by atoms with Crippen molar-refractivity contribution in [2.24, 2.45) is 0 Å². The van der Waals surface area contributed by atoms with Gasteiger partial charge < -0.3 is 4.90 Å². The Kier molecular flexibility index (Phi) is 5.17. The van der Waals surface area contributed by atoms with Gasteiger partial charge >= 0.3 is 0 Å². The maximum Gasteiger partial charge on any atom is 0.169 e. The SMILES string of the molecule is CB(C)c1ccc(C=CN(c2ccccc2)c2ccccc2)cc1. The quantitative estimate of drug-likeness (QED) is 0.566. The average molecular weight is 311 g/mol. The van der Waals surface area contributed by atoms with Crippen LogP contribution in [0.15, 0.2) is 91.1 Å². The van der Waals surface area contributed by atoms with Crippen molar-refractivity contribution >= 4 is 29.6 Å². The van der Waals surface area contributed by atoms with Crippen molar-refractivity contribution in [3.63, 3.8) is 0 Å². The first-order chi connectivity index (χ1) is 11.7. The largest absolute Gasteiger partial charge is 0.317 e. The molecule has 0 saturated carbocycles. The molecule has 3 aromatic carbocycles. The van der Waals surface area contributed by atoms with Crippen LogP contribution in [-0.2, 0) is 0 Å². The molecule has 0 aliphatic carbocycles. The second-order valence-corrected chi connectivity index (χ2v) is 6.18. The van der Waals surface area contributed by atoms with E-state index in [4.69, 9.17) is 0 Å². The van der Waals surface area contributed by atoms with Crippen LogP contribution in [-0.4, -0.2) is 6.71 Å². The topological polar surface area (TPSA) is 3.24 Å². The van der Waals surface area contributed by atoms with E-state index in [1.807, 2.05) is 12.1 Å². The normalized spacial score (nSPS) is 10.8. The van der Waals surface area contributed by atoms with Crippen molar-refractivity contribution in [3.05, 3.63) is 96.7 Å². The van der Waals surface area contributed by atoms with Crippen molar-refractivity contribution in [1.29, 1.82) is 0 Å². The minimum atomic E-state index is 0.563. The van der Waals surface area contributed by atoms with Crippen LogP contribution < -0.4 is 10.4 Å². The Balaban J connectivity index is 1.89. The van der Waals surface area contributed by atoms with Crippen LogP contribution in [0, 0.1) is 0 Å². The van der Waals surface area contributed by atoms with Gasteiger partial charge in [-0.2, -0.15) is 0 Å². The van der Waals surface area contributed by atoms with Gasteiger partial charge in [0.2, 0.25) is 0 Å². The molecule has 2 heteroatoms. The molecule has 0 aliphatic heterocycles. The Morgan fingerprint density at radius 1 is 0.667 bits per heavy atom. The fourth-order valence-corrected chi connectivity index (χ4v) is 2.65. The van der Waals surface area contributed by atoms with E-state index in [-0.39, 0.29) is 0 Å². The van der Waals surface area contributed by atoms with Crippen molar-refractivity contribution in [3.8, 4) is 0 Å². The molecule has 0 heterocycles. The van der Waals surface area contributed by atoms with Gasteiger partial charge in [0.25, 0.3) is 0 Å². The van der Waals surface area contributed by atoms with E-state index in [0.29, 0.717) is 6.71 Å². The first-order valence-corrected chi connectivity index (χ1v) is 8.41. The monoisotopic (exact) mass is 311 g/mol. The zero-order valence-corrected chi connectivity index (χ0v) is 14.3. The summed E-state index contributed by atoms with van der Waals surface area (Å²) >= 11 is 0. The van der Waals surface area contributed by atoms with Gasteiger partial charge in [-0.05, 0) is 35.9 Å². The zero-order chi connectivity index (χ0) is 16.8. The molecule has 0 bridgehead atoms. The molecule has 0 atom stereocenters. The Bertz CT molecular complexity index is 738. The minimum Gasteiger partial charge on any atom is -0.317 e. The summed E-state index contributed by atoms with van der Waals surface area (Å²) in [6, 6.07) is 29.6. The van der Waals surface area contributed by atoms with Gasteiger partial charge in [0.05, 0.1) is 0 Å². The molecule has 0 radical (unpaired) electrons. The number of nitrogens with zero attached hydrogens (tertiary/aromatic N) is 1. The highest BCUT2D eigenvalue weighted by Gasteiger charge is 2.05.